The van der Waals surface area contributed by atoms with Crippen LogP contribution in [0.1, 0.15) is 27.7 Å². The van der Waals surface area contributed by atoms with Gasteiger partial charge in [-0.1, -0.05) is 11.6 Å². The summed E-state index contributed by atoms with van der Waals surface area (Å²) in [5.41, 5.74) is 1.63. The number of piperazine rings is 1. The third-order valence-electron chi connectivity index (χ3n) is 5.84. The van der Waals surface area contributed by atoms with Crippen molar-refractivity contribution in [3.05, 3.63) is 59.5 Å². The summed E-state index contributed by atoms with van der Waals surface area (Å²) in [4.78, 5) is 33.0. The van der Waals surface area contributed by atoms with Gasteiger partial charge in [0.2, 0.25) is 0 Å². The Morgan fingerprint density at radius 2 is 1.69 bits per heavy atom. The molecule has 0 spiro atoms. The van der Waals surface area contributed by atoms with Crippen LogP contribution in [0.15, 0.2) is 48.7 Å². The van der Waals surface area contributed by atoms with E-state index in [0.29, 0.717) is 48.0 Å². The Kier molecular flexibility index (Phi) is 7.36. The number of benzene rings is 2. The van der Waals surface area contributed by atoms with E-state index in [1.54, 1.807) is 41.1 Å². The highest BCUT2D eigenvalue weighted by Crippen LogP contribution is 2.34. The van der Waals surface area contributed by atoms with Gasteiger partial charge in [0.15, 0.2) is 6.10 Å². The van der Waals surface area contributed by atoms with Crippen molar-refractivity contribution in [1.82, 2.24) is 14.8 Å². The molecule has 1 atom stereocenters. The van der Waals surface area contributed by atoms with Crippen LogP contribution in [-0.4, -0.2) is 64.7 Å². The molecule has 2 amide bonds. The third kappa shape index (κ3) is 5.87. The Hall–Kier alpha value is -3.39. The van der Waals surface area contributed by atoms with Crippen LogP contribution in [0, 0.1) is 5.82 Å². The second-order valence-electron chi connectivity index (χ2n) is 9.71. The molecule has 9 heteroatoms. The number of rotatable bonds is 4. The average Bonchev–Trinajstić information content (AvgIpc) is 2.82. The number of hydrogen-bond acceptors (Lipinski definition) is 5. The van der Waals surface area contributed by atoms with Crippen molar-refractivity contribution in [1.29, 1.82) is 0 Å². The van der Waals surface area contributed by atoms with Gasteiger partial charge < -0.3 is 19.3 Å². The highest BCUT2D eigenvalue weighted by atomic mass is 35.5. The van der Waals surface area contributed by atoms with Crippen LogP contribution in [-0.2, 0) is 9.53 Å². The number of hydrogen-bond donors (Lipinski definition) is 0. The zero-order valence-electron chi connectivity index (χ0n) is 20.8. The van der Waals surface area contributed by atoms with E-state index in [0.717, 1.165) is 10.9 Å². The Morgan fingerprint density at radius 3 is 2.36 bits per heavy atom. The number of fused-ring (bicyclic) bond motifs is 1. The quantitative estimate of drug-likeness (QED) is 0.458. The molecule has 1 aliphatic heterocycles. The van der Waals surface area contributed by atoms with Gasteiger partial charge in [-0.15, -0.1) is 0 Å². The van der Waals surface area contributed by atoms with Crippen LogP contribution in [0.3, 0.4) is 0 Å². The molecule has 0 radical (unpaired) electrons. The maximum atomic E-state index is 13.5. The van der Waals surface area contributed by atoms with Crippen LogP contribution < -0.4 is 4.74 Å². The average molecular weight is 514 g/mol. The smallest absolute Gasteiger partial charge is 0.410 e. The van der Waals surface area contributed by atoms with E-state index in [-0.39, 0.29) is 12.0 Å². The zero-order valence-corrected chi connectivity index (χ0v) is 21.5. The largest absolute Gasteiger partial charge is 0.481 e. The maximum absolute atomic E-state index is 13.5. The molecule has 36 heavy (non-hydrogen) atoms. The fourth-order valence-corrected chi connectivity index (χ4v) is 4.36. The lowest BCUT2D eigenvalue weighted by Gasteiger charge is -2.36. The van der Waals surface area contributed by atoms with Crippen LogP contribution in [0.25, 0.3) is 22.0 Å². The second-order valence-corrected chi connectivity index (χ2v) is 10.1. The Morgan fingerprint density at radius 1 is 1.00 bits per heavy atom. The minimum atomic E-state index is -0.717. The molecule has 2 heterocycles. The molecule has 1 aliphatic rings. The van der Waals surface area contributed by atoms with Gasteiger partial charge in [0.25, 0.3) is 5.91 Å². The van der Waals surface area contributed by atoms with E-state index in [2.05, 4.69) is 4.98 Å². The Balaban J connectivity index is 1.42. The molecular weight excluding hydrogens is 485 g/mol. The first-order valence-corrected chi connectivity index (χ1v) is 12.2. The molecule has 7 nitrogen and oxygen atoms in total. The lowest BCUT2D eigenvalue weighted by atomic mass is 10.0. The molecule has 1 saturated heterocycles. The summed E-state index contributed by atoms with van der Waals surface area (Å²) in [5, 5.41) is 1.14. The summed E-state index contributed by atoms with van der Waals surface area (Å²) in [7, 11) is 0. The van der Waals surface area contributed by atoms with E-state index in [4.69, 9.17) is 21.1 Å². The van der Waals surface area contributed by atoms with Gasteiger partial charge in [-0.05, 0) is 69.7 Å². The first-order chi connectivity index (χ1) is 17.0. The minimum absolute atomic E-state index is 0.154. The molecule has 1 unspecified atom stereocenters. The third-order valence-corrected chi connectivity index (χ3v) is 6.15. The van der Waals surface area contributed by atoms with Gasteiger partial charge in [0.1, 0.15) is 17.2 Å². The summed E-state index contributed by atoms with van der Waals surface area (Å²) in [6.07, 6.45) is 0.564. The number of ether oxygens (including phenoxy) is 2. The lowest BCUT2D eigenvalue weighted by Crippen LogP contribution is -2.54. The monoisotopic (exact) mass is 513 g/mol. The van der Waals surface area contributed by atoms with Gasteiger partial charge in [0, 0.05) is 49.4 Å². The predicted molar refractivity (Wildman–Crippen MR) is 137 cm³/mol. The number of nitrogens with zero attached hydrogens (tertiary/aromatic N) is 3. The van der Waals surface area contributed by atoms with Crippen LogP contribution >= 0.6 is 11.6 Å². The molecule has 0 saturated carbocycles. The standard InChI is InChI=1S/C27H29ClFN3O4/c1-17(25(33)31-11-13-32(14-12-31)26(34)36-27(2,3)4)35-19-6-8-22-20(9-10-30-24(22)16-19)21-7-5-18(29)15-23(21)28/h5-10,15-17H,11-14H2,1-4H3. The number of carbonyl (C=O) groups excluding carboxylic acids is 2. The molecule has 3 aromatic rings. The van der Waals surface area contributed by atoms with E-state index < -0.39 is 17.5 Å². The van der Waals surface area contributed by atoms with Crippen molar-refractivity contribution in [2.75, 3.05) is 26.2 Å². The summed E-state index contributed by atoms with van der Waals surface area (Å²) in [6, 6.07) is 11.5. The number of amides is 2. The topological polar surface area (TPSA) is 72.0 Å². The highest BCUT2D eigenvalue weighted by molar-refractivity contribution is 6.33. The van der Waals surface area contributed by atoms with Crippen molar-refractivity contribution >= 4 is 34.5 Å². The fourth-order valence-electron chi connectivity index (χ4n) is 4.09. The predicted octanol–water partition coefficient (Wildman–Crippen LogP) is 5.54. The molecule has 0 N–H and O–H groups in total. The molecule has 4 rings (SSSR count). The van der Waals surface area contributed by atoms with Gasteiger partial charge in [-0.3, -0.25) is 9.78 Å². The van der Waals surface area contributed by atoms with Crippen molar-refractivity contribution in [2.45, 2.75) is 39.4 Å². The molecular formula is C27H29ClFN3O4. The first-order valence-electron chi connectivity index (χ1n) is 11.8. The maximum Gasteiger partial charge on any atom is 0.410 e. The number of carbonyl (C=O) groups is 2. The highest BCUT2D eigenvalue weighted by Gasteiger charge is 2.30. The van der Waals surface area contributed by atoms with E-state index >= 15 is 0 Å². The van der Waals surface area contributed by atoms with E-state index in [1.165, 1.54) is 12.1 Å². The Labute approximate surface area is 214 Å². The molecule has 1 fully saturated rings. The van der Waals surface area contributed by atoms with E-state index in [9.17, 15) is 14.0 Å². The van der Waals surface area contributed by atoms with Gasteiger partial charge >= 0.3 is 6.09 Å². The number of aromatic nitrogens is 1. The SMILES string of the molecule is CC(Oc1ccc2c(-c3ccc(F)cc3Cl)ccnc2c1)C(=O)N1CCN(C(=O)OC(C)(C)C)CC1. The molecule has 0 bridgehead atoms. The summed E-state index contributed by atoms with van der Waals surface area (Å²) in [5.74, 6) is -0.0490. The van der Waals surface area contributed by atoms with Crippen molar-refractivity contribution in [3.8, 4) is 16.9 Å². The fraction of sp³-hybridized carbons (Fsp3) is 0.370. The van der Waals surface area contributed by atoms with Crippen LogP contribution in [0.5, 0.6) is 5.75 Å². The van der Waals surface area contributed by atoms with Gasteiger partial charge in [-0.2, -0.15) is 0 Å². The van der Waals surface area contributed by atoms with Crippen molar-refractivity contribution in [2.24, 2.45) is 0 Å². The van der Waals surface area contributed by atoms with Gasteiger partial charge in [0.05, 0.1) is 10.5 Å². The number of pyridine rings is 1. The van der Waals surface area contributed by atoms with Crippen molar-refractivity contribution < 1.29 is 23.5 Å². The van der Waals surface area contributed by atoms with Gasteiger partial charge in [-0.25, -0.2) is 9.18 Å². The molecule has 1 aromatic heterocycles. The number of halogens is 2. The normalized spacial score (nSPS) is 15.1. The zero-order chi connectivity index (χ0) is 26.0. The molecule has 190 valence electrons. The summed E-state index contributed by atoms with van der Waals surface area (Å²) >= 11 is 6.27. The summed E-state index contributed by atoms with van der Waals surface area (Å²) < 4.78 is 24.9. The Bertz CT molecular complexity index is 1290. The second kappa shape index (κ2) is 10.3. The molecule has 0 aliphatic carbocycles. The van der Waals surface area contributed by atoms with Crippen LogP contribution in [0.4, 0.5) is 9.18 Å². The van der Waals surface area contributed by atoms with Crippen LogP contribution in [0.2, 0.25) is 5.02 Å². The molecule has 2 aromatic carbocycles. The van der Waals surface area contributed by atoms with Crippen molar-refractivity contribution in [3.63, 3.8) is 0 Å². The first kappa shape index (κ1) is 25.7. The van der Waals surface area contributed by atoms with E-state index in [1.807, 2.05) is 32.9 Å². The summed E-state index contributed by atoms with van der Waals surface area (Å²) in [6.45, 7) is 8.80. The lowest BCUT2D eigenvalue weighted by molar-refractivity contribution is -0.139. The minimum Gasteiger partial charge on any atom is -0.481 e.